The van der Waals surface area contributed by atoms with Gasteiger partial charge in [-0.3, -0.25) is 0 Å². The first kappa shape index (κ1) is 16.1. The zero-order chi connectivity index (χ0) is 14.8. The Hall–Kier alpha value is -0.930. The minimum Gasteiger partial charge on any atom is -0.479 e. The van der Waals surface area contributed by atoms with Crippen LogP contribution >= 0.6 is 23.2 Å². The molecule has 0 fully saturated rings. The third-order valence-electron chi connectivity index (χ3n) is 2.04. The Balaban J connectivity index is 3.02. The van der Waals surface area contributed by atoms with Gasteiger partial charge in [0.05, 0.1) is 10.0 Å². The molecule has 0 aromatic heterocycles. The fourth-order valence-corrected chi connectivity index (χ4v) is 2.85. The summed E-state index contributed by atoms with van der Waals surface area (Å²) in [5.41, 5.74) is 0. The largest absolute Gasteiger partial charge is 0.479 e. The number of aliphatic carboxylic acids is 1. The summed E-state index contributed by atoms with van der Waals surface area (Å²) in [7, 11) is -4.26. The maximum atomic E-state index is 13.3. The van der Waals surface area contributed by atoms with Gasteiger partial charge in [-0.25, -0.2) is 22.3 Å². The molecule has 0 aliphatic carbocycles. The highest BCUT2D eigenvalue weighted by Gasteiger charge is 2.24. The number of aliphatic hydroxyl groups excluding tert-OH is 1. The second kappa shape index (κ2) is 6.02. The number of carbonyl (C=O) groups is 1. The van der Waals surface area contributed by atoms with Gasteiger partial charge < -0.3 is 10.2 Å². The van der Waals surface area contributed by atoms with Crippen LogP contribution in [-0.2, 0) is 14.8 Å². The third-order valence-corrected chi connectivity index (χ3v) is 4.28. The van der Waals surface area contributed by atoms with E-state index in [0.29, 0.717) is 0 Å². The summed E-state index contributed by atoms with van der Waals surface area (Å²) in [5, 5.41) is 16.3. The maximum absolute atomic E-state index is 13.3. The Labute approximate surface area is 117 Å². The summed E-state index contributed by atoms with van der Waals surface area (Å²) in [4.78, 5) is 9.73. The SMILES string of the molecule is O=C(O)[C@@H](O)CNS(=O)(=O)c1ccc(Cl)c(F)c1Cl. The first-order valence-electron chi connectivity index (χ1n) is 4.71. The quantitative estimate of drug-likeness (QED) is 0.694. The van der Waals surface area contributed by atoms with Crippen molar-refractivity contribution in [2.45, 2.75) is 11.0 Å². The number of sulfonamides is 1. The van der Waals surface area contributed by atoms with Crippen LogP contribution in [0.3, 0.4) is 0 Å². The van der Waals surface area contributed by atoms with Crippen molar-refractivity contribution in [2.24, 2.45) is 0 Å². The molecule has 0 spiro atoms. The van der Waals surface area contributed by atoms with E-state index in [1.165, 1.54) is 0 Å². The zero-order valence-electron chi connectivity index (χ0n) is 9.10. The molecule has 1 aromatic carbocycles. The van der Waals surface area contributed by atoms with Crippen LogP contribution in [0.25, 0.3) is 0 Å². The van der Waals surface area contributed by atoms with Crippen molar-refractivity contribution in [3.05, 3.63) is 28.0 Å². The molecule has 0 saturated carbocycles. The van der Waals surface area contributed by atoms with Crippen LogP contribution in [0.2, 0.25) is 10.0 Å². The highest BCUT2D eigenvalue weighted by atomic mass is 35.5. The molecule has 0 bridgehead atoms. The number of carboxylic acids is 1. The monoisotopic (exact) mass is 331 g/mol. The van der Waals surface area contributed by atoms with Gasteiger partial charge in [0.15, 0.2) is 11.9 Å². The third kappa shape index (κ3) is 3.77. The molecule has 1 atom stereocenters. The Morgan fingerprint density at radius 2 is 2.00 bits per heavy atom. The lowest BCUT2D eigenvalue weighted by Gasteiger charge is -2.10. The van der Waals surface area contributed by atoms with E-state index in [2.05, 4.69) is 0 Å². The highest BCUT2D eigenvalue weighted by Crippen LogP contribution is 2.29. The molecule has 0 aliphatic heterocycles. The van der Waals surface area contributed by atoms with Crippen molar-refractivity contribution in [3.8, 4) is 0 Å². The van der Waals surface area contributed by atoms with Crippen molar-refractivity contribution in [1.82, 2.24) is 4.72 Å². The summed E-state index contributed by atoms with van der Waals surface area (Å²) < 4.78 is 38.6. The van der Waals surface area contributed by atoms with Crippen LogP contribution in [0, 0.1) is 5.82 Å². The van der Waals surface area contributed by atoms with Gasteiger partial charge in [-0.2, -0.15) is 0 Å². The van der Waals surface area contributed by atoms with Crippen LogP contribution in [0.1, 0.15) is 0 Å². The second-order valence-corrected chi connectivity index (χ2v) is 5.90. The number of benzene rings is 1. The average Bonchev–Trinajstić information content (AvgIpc) is 2.32. The lowest BCUT2D eigenvalue weighted by molar-refractivity contribution is -0.146. The number of halogens is 3. The van der Waals surface area contributed by atoms with E-state index in [1.807, 2.05) is 0 Å². The van der Waals surface area contributed by atoms with Gasteiger partial charge in [-0.05, 0) is 12.1 Å². The average molecular weight is 332 g/mol. The molecule has 6 nitrogen and oxygen atoms in total. The minimum absolute atomic E-state index is 0.352. The Morgan fingerprint density at radius 1 is 1.42 bits per heavy atom. The molecule has 0 unspecified atom stereocenters. The topological polar surface area (TPSA) is 104 Å². The molecule has 10 heteroatoms. The van der Waals surface area contributed by atoms with E-state index < -0.39 is 44.4 Å². The maximum Gasteiger partial charge on any atom is 0.333 e. The Kier molecular flexibility index (Phi) is 5.11. The summed E-state index contributed by atoms with van der Waals surface area (Å²) in [6, 6.07) is 1.95. The molecule has 3 N–H and O–H groups in total. The van der Waals surface area contributed by atoms with Gasteiger partial charge in [-0.15, -0.1) is 0 Å². The lowest BCUT2D eigenvalue weighted by atomic mass is 10.3. The number of rotatable bonds is 5. The molecule has 0 saturated heterocycles. The molecular weight excluding hydrogens is 324 g/mol. The number of carboxylic acid groups (broad SMARTS) is 1. The molecule has 1 rings (SSSR count). The van der Waals surface area contributed by atoms with Crippen molar-refractivity contribution in [1.29, 1.82) is 0 Å². The van der Waals surface area contributed by atoms with E-state index in [9.17, 15) is 17.6 Å². The van der Waals surface area contributed by atoms with Gasteiger partial charge in [0.2, 0.25) is 10.0 Å². The number of aliphatic hydroxyl groups is 1. The highest BCUT2D eigenvalue weighted by molar-refractivity contribution is 7.89. The van der Waals surface area contributed by atoms with Crippen LogP contribution in [-0.4, -0.2) is 37.2 Å². The Morgan fingerprint density at radius 3 is 2.53 bits per heavy atom. The van der Waals surface area contributed by atoms with Gasteiger partial charge in [-0.1, -0.05) is 23.2 Å². The smallest absolute Gasteiger partial charge is 0.333 e. The van der Waals surface area contributed by atoms with Gasteiger partial charge >= 0.3 is 5.97 Å². The second-order valence-electron chi connectivity index (χ2n) is 3.38. The molecular formula is C9H8Cl2FNO5S. The fourth-order valence-electron chi connectivity index (χ4n) is 1.07. The van der Waals surface area contributed by atoms with Crippen molar-refractivity contribution in [3.63, 3.8) is 0 Å². The van der Waals surface area contributed by atoms with Crippen LogP contribution in [0.5, 0.6) is 0 Å². The summed E-state index contributed by atoms with van der Waals surface area (Å²) in [6.45, 7) is -0.780. The molecule has 1 aromatic rings. The predicted octanol–water partition coefficient (Wildman–Crippen LogP) is 0.856. The molecule has 0 aliphatic rings. The Bertz CT molecular complexity index is 607. The molecule has 0 heterocycles. The van der Waals surface area contributed by atoms with E-state index in [0.717, 1.165) is 12.1 Å². The summed E-state index contributed by atoms with van der Waals surface area (Å²) in [5.74, 6) is -2.71. The first-order chi connectivity index (χ1) is 8.66. The summed E-state index contributed by atoms with van der Waals surface area (Å²) in [6.07, 6.45) is -1.93. The zero-order valence-corrected chi connectivity index (χ0v) is 11.4. The van der Waals surface area contributed by atoms with Crippen LogP contribution in [0.4, 0.5) is 4.39 Å². The minimum atomic E-state index is -4.26. The number of hydrogen-bond donors (Lipinski definition) is 3. The van der Waals surface area contributed by atoms with Crippen molar-refractivity contribution < 1.29 is 27.8 Å². The standard InChI is InChI=1S/C9H8Cl2FNO5S/c10-4-1-2-6(7(11)8(4)12)19(17,18)13-3-5(14)9(15)16/h1-2,5,13-14H,3H2,(H,15,16)/t5-/m0/s1. The van der Waals surface area contributed by atoms with Gasteiger partial charge in [0.1, 0.15) is 4.90 Å². The van der Waals surface area contributed by atoms with Crippen molar-refractivity contribution >= 4 is 39.2 Å². The van der Waals surface area contributed by atoms with Gasteiger partial charge in [0, 0.05) is 6.54 Å². The summed E-state index contributed by atoms with van der Waals surface area (Å²) >= 11 is 10.9. The molecule has 106 valence electrons. The predicted molar refractivity (Wildman–Crippen MR) is 65.3 cm³/mol. The van der Waals surface area contributed by atoms with E-state index >= 15 is 0 Å². The fraction of sp³-hybridized carbons (Fsp3) is 0.222. The van der Waals surface area contributed by atoms with Gasteiger partial charge in [0.25, 0.3) is 0 Å². The first-order valence-corrected chi connectivity index (χ1v) is 6.94. The van der Waals surface area contributed by atoms with Crippen LogP contribution in [0.15, 0.2) is 17.0 Å². The molecule has 19 heavy (non-hydrogen) atoms. The van der Waals surface area contributed by atoms with E-state index in [4.69, 9.17) is 33.4 Å². The van der Waals surface area contributed by atoms with Crippen LogP contribution < -0.4 is 4.72 Å². The van der Waals surface area contributed by atoms with E-state index in [-0.39, 0.29) is 5.02 Å². The molecule has 0 radical (unpaired) electrons. The van der Waals surface area contributed by atoms with E-state index in [1.54, 1.807) is 4.72 Å². The molecule has 0 amide bonds. The normalized spacial score (nSPS) is 13.3. The lowest BCUT2D eigenvalue weighted by Crippen LogP contribution is -2.36. The number of nitrogens with one attached hydrogen (secondary N) is 1. The van der Waals surface area contributed by atoms with Crippen molar-refractivity contribution in [2.75, 3.05) is 6.54 Å². The number of hydrogen-bond acceptors (Lipinski definition) is 4.